The lowest BCUT2D eigenvalue weighted by Crippen LogP contribution is -2.25. The zero-order chi connectivity index (χ0) is 15.9. The van der Waals surface area contributed by atoms with E-state index in [4.69, 9.17) is 0 Å². The average molecular weight is 362 g/mol. The standard InChI is InChI=1S/C15H9BrFN3O2/c1-7-2-3-8(17)4-10(7)20-13-11(16)15(22)12-9(14(13)21)5-18-6-19-12/h2-6,20H,1H3. The maximum absolute atomic E-state index is 13.4. The van der Waals surface area contributed by atoms with Gasteiger partial charge in [-0.15, -0.1) is 0 Å². The van der Waals surface area contributed by atoms with Crippen LogP contribution in [0.4, 0.5) is 10.1 Å². The minimum absolute atomic E-state index is 0.0426. The summed E-state index contributed by atoms with van der Waals surface area (Å²) in [6.45, 7) is 1.77. The molecular formula is C15H9BrFN3O2. The summed E-state index contributed by atoms with van der Waals surface area (Å²) >= 11 is 3.12. The molecule has 110 valence electrons. The van der Waals surface area contributed by atoms with Gasteiger partial charge in [-0.25, -0.2) is 14.4 Å². The fourth-order valence-electron chi connectivity index (χ4n) is 2.10. The molecule has 1 aromatic carbocycles. The molecule has 0 saturated heterocycles. The van der Waals surface area contributed by atoms with Crippen LogP contribution in [0, 0.1) is 12.7 Å². The Bertz CT molecular complexity index is 848. The first-order chi connectivity index (χ1) is 10.5. The van der Waals surface area contributed by atoms with Crippen LogP contribution in [0.5, 0.6) is 0 Å². The summed E-state index contributed by atoms with van der Waals surface area (Å²) in [6.07, 6.45) is 2.50. The van der Waals surface area contributed by atoms with Gasteiger partial charge in [0.15, 0.2) is 0 Å². The van der Waals surface area contributed by atoms with E-state index in [0.717, 1.165) is 5.56 Å². The van der Waals surface area contributed by atoms with Gasteiger partial charge in [-0.05, 0) is 40.5 Å². The maximum atomic E-state index is 13.4. The van der Waals surface area contributed by atoms with E-state index in [2.05, 4.69) is 31.2 Å². The number of hydrogen-bond donors (Lipinski definition) is 1. The van der Waals surface area contributed by atoms with Crippen molar-refractivity contribution in [3.63, 3.8) is 0 Å². The van der Waals surface area contributed by atoms with Crippen molar-refractivity contribution in [2.24, 2.45) is 0 Å². The van der Waals surface area contributed by atoms with Gasteiger partial charge in [0.1, 0.15) is 23.5 Å². The third kappa shape index (κ3) is 2.33. The zero-order valence-corrected chi connectivity index (χ0v) is 12.9. The van der Waals surface area contributed by atoms with Crippen LogP contribution in [0.3, 0.4) is 0 Å². The minimum Gasteiger partial charge on any atom is -0.351 e. The highest BCUT2D eigenvalue weighted by Gasteiger charge is 2.32. The van der Waals surface area contributed by atoms with Crippen LogP contribution >= 0.6 is 15.9 Å². The molecule has 1 N–H and O–H groups in total. The van der Waals surface area contributed by atoms with Crippen molar-refractivity contribution in [3.05, 3.63) is 63.5 Å². The van der Waals surface area contributed by atoms with Crippen molar-refractivity contribution in [2.75, 3.05) is 5.32 Å². The number of Topliss-reactive ketones (excluding diaryl/α,β-unsaturated/α-hetero) is 2. The summed E-state index contributed by atoms with van der Waals surface area (Å²) in [6, 6.07) is 4.16. The molecule has 22 heavy (non-hydrogen) atoms. The van der Waals surface area contributed by atoms with Crippen molar-refractivity contribution in [2.45, 2.75) is 6.92 Å². The summed E-state index contributed by atoms with van der Waals surface area (Å²) in [5.41, 5.74) is 1.36. The quantitative estimate of drug-likeness (QED) is 0.889. The van der Waals surface area contributed by atoms with Gasteiger partial charge in [0.05, 0.1) is 10.0 Å². The summed E-state index contributed by atoms with van der Waals surface area (Å²) in [5, 5.41) is 2.83. The van der Waals surface area contributed by atoms with Crippen molar-refractivity contribution >= 4 is 33.2 Å². The van der Waals surface area contributed by atoms with Gasteiger partial charge in [0, 0.05) is 11.9 Å². The minimum atomic E-state index is -0.442. The van der Waals surface area contributed by atoms with E-state index in [-0.39, 0.29) is 21.4 Å². The second-order valence-corrected chi connectivity index (χ2v) is 5.51. The van der Waals surface area contributed by atoms with E-state index in [0.29, 0.717) is 5.69 Å². The molecule has 0 fully saturated rings. The van der Waals surface area contributed by atoms with Crippen LogP contribution in [0.1, 0.15) is 26.4 Å². The number of ketones is 2. The molecule has 0 bridgehead atoms. The van der Waals surface area contributed by atoms with Gasteiger partial charge in [-0.3, -0.25) is 9.59 Å². The lowest BCUT2D eigenvalue weighted by molar-refractivity contribution is 0.0979. The Balaban J connectivity index is 2.07. The normalized spacial score (nSPS) is 14.1. The molecule has 0 radical (unpaired) electrons. The predicted octanol–water partition coefficient (Wildman–Crippen LogP) is 3.02. The van der Waals surface area contributed by atoms with Crippen LogP contribution in [0.15, 0.2) is 40.9 Å². The molecule has 1 aliphatic rings. The molecule has 7 heteroatoms. The second kappa shape index (κ2) is 5.42. The Morgan fingerprint density at radius 1 is 1.23 bits per heavy atom. The number of hydrogen-bond acceptors (Lipinski definition) is 5. The van der Waals surface area contributed by atoms with Crippen LogP contribution in [0.25, 0.3) is 0 Å². The summed E-state index contributed by atoms with van der Waals surface area (Å²) in [7, 11) is 0. The van der Waals surface area contributed by atoms with E-state index in [1.54, 1.807) is 13.0 Å². The monoisotopic (exact) mass is 361 g/mol. The summed E-state index contributed by atoms with van der Waals surface area (Å²) < 4.78 is 13.4. The average Bonchev–Trinajstić information content (AvgIpc) is 2.52. The largest absolute Gasteiger partial charge is 0.351 e. The molecule has 1 aliphatic carbocycles. The Hall–Kier alpha value is -2.41. The zero-order valence-electron chi connectivity index (χ0n) is 11.4. The molecular weight excluding hydrogens is 353 g/mol. The van der Waals surface area contributed by atoms with Gasteiger partial charge < -0.3 is 5.32 Å². The first-order valence-electron chi connectivity index (χ1n) is 6.31. The number of halogens is 2. The van der Waals surface area contributed by atoms with Gasteiger partial charge in [-0.2, -0.15) is 0 Å². The molecule has 5 nitrogen and oxygen atoms in total. The number of rotatable bonds is 2. The number of nitrogens with one attached hydrogen (secondary N) is 1. The van der Waals surface area contributed by atoms with Gasteiger partial charge in [0.25, 0.3) is 0 Å². The molecule has 0 aliphatic heterocycles. The topological polar surface area (TPSA) is 72.0 Å². The lowest BCUT2D eigenvalue weighted by atomic mass is 9.98. The third-order valence-electron chi connectivity index (χ3n) is 3.28. The molecule has 0 atom stereocenters. The molecule has 0 saturated carbocycles. The highest BCUT2D eigenvalue weighted by Crippen LogP contribution is 2.30. The predicted molar refractivity (Wildman–Crippen MR) is 81.4 cm³/mol. The highest BCUT2D eigenvalue weighted by molar-refractivity contribution is 9.12. The first kappa shape index (κ1) is 14.5. The Morgan fingerprint density at radius 3 is 2.77 bits per heavy atom. The number of fused-ring (bicyclic) bond motifs is 1. The van der Waals surface area contributed by atoms with Crippen LogP contribution in [-0.4, -0.2) is 21.5 Å². The number of carbonyl (C=O) groups is 2. The maximum Gasteiger partial charge on any atom is 0.221 e. The number of anilines is 1. The van der Waals surface area contributed by atoms with E-state index >= 15 is 0 Å². The highest BCUT2D eigenvalue weighted by atomic mass is 79.9. The van der Waals surface area contributed by atoms with Crippen LogP contribution in [-0.2, 0) is 0 Å². The SMILES string of the molecule is Cc1ccc(F)cc1NC1=C(Br)C(=O)c2ncncc2C1=O. The molecule has 0 amide bonds. The van der Waals surface area contributed by atoms with Crippen molar-refractivity contribution in [3.8, 4) is 0 Å². The first-order valence-corrected chi connectivity index (χ1v) is 7.10. The van der Waals surface area contributed by atoms with Crippen LogP contribution < -0.4 is 5.32 Å². The summed E-state index contributed by atoms with van der Waals surface area (Å²) in [5.74, 6) is -1.29. The van der Waals surface area contributed by atoms with E-state index < -0.39 is 17.4 Å². The lowest BCUT2D eigenvalue weighted by Gasteiger charge is -2.19. The number of aryl methyl sites for hydroxylation is 1. The Morgan fingerprint density at radius 2 is 2.00 bits per heavy atom. The molecule has 1 heterocycles. The van der Waals surface area contributed by atoms with Gasteiger partial charge >= 0.3 is 0 Å². The molecule has 0 unspecified atom stereocenters. The van der Waals surface area contributed by atoms with Gasteiger partial charge in [0.2, 0.25) is 11.6 Å². The molecule has 3 rings (SSSR count). The summed E-state index contributed by atoms with van der Waals surface area (Å²) in [4.78, 5) is 32.4. The van der Waals surface area contributed by atoms with Gasteiger partial charge in [-0.1, -0.05) is 6.07 Å². The molecule has 2 aromatic rings. The number of allylic oxidation sites excluding steroid dienone is 2. The van der Waals surface area contributed by atoms with E-state index in [1.165, 1.54) is 24.7 Å². The van der Waals surface area contributed by atoms with E-state index in [9.17, 15) is 14.0 Å². The van der Waals surface area contributed by atoms with Crippen molar-refractivity contribution in [1.82, 2.24) is 9.97 Å². The molecule has 0 spiro atoms. The number of benzene rings is 1. The van der Waals surface area contributed by atoms with Crippen molar-refractivity contribution in [1.29, 1.82) is 0 Å². The smallest absolute Gasteiger partial charge is 0.221 e. The Labute approximate surface area is 133 Å². The number of carbonyl (C=O) groups excluding carboxylic acids is 2. The molecule has 1 aromatic heterocycles. The third-order valence-corrected chi connectivity index (χ3v) is 4.03. The number of aromatic nitrogens is 2. The van der Waals surface area contributed by atoms with Crippen LogP contribution in [0.2, 0.25) is 0 Å². The number of nitrogens with zero attached hydrogens (tertiary/aromatic N) is 2. The Kier molecular flexibility index (Phi) is 3.58. The van der Waals surface area contributed by atoms with Crippen molar-refractivity contribution < 1.29 is 14.0 Å². The fourth-order valence-corrected chi connectivity index (χ4v) is 2.57. The fraction of sp³-hybridized carbons (Fsp3) is 0.0667. The second-order valence-electron chi connectivity index (χ2n) is 4.72. The van der Waals surface area contributed by atoms with E-state index in [1.807, 2.05) is 0 Å².